The molecule has 114 valence electrons. The van der Waals surface area contributed by atoms with Crippen LogP contribution in [0.3, 0.4) is 0 Å². The average Bonchev–Trinajstić information content (AvgIpc) is 3.09. The van der Waals surface area contributed by atoms with Crippen LogP contribution in [0.4, 0.5) is 0 Å². The molecule has 4 rings (SSSR count). The molecule has 3 heterocycles. The zero-order valence-electron chi connectivity index (χ0n) is 12.3. The summed E-state index contributed by atoms with van der Waals surface area (Å²) in [6, 6.07) is 9.85. The van der Waals surface area contributed by atoms with Crippen molar-refractivity contribution in [1.82, 2.24) is 10.1 Å². The Bertz CT molecular complexity index is 673. The number of piperidine rings is 1. The number of aryl methyl sites for hydroxylation is 1. The van der Waals surface area contributed by atoms with Gasteiger partial charge in [0, 0.05) is 32.0 Å². The third kappa shape index (κ3) is 2.26. The zero-order valence-corrected chi connectivity index (χ0v) is 12.3. The summed E-state index contributed by atoms with van der Waals surface area (Å²) in [5.74, 6) is 1.23. The normalized spacial score (nSPS) is 19.5. The summed E-state index contributed by atoms with van der Waals surface area (Å²) in [6.45, 7) is 1.39. The second-order valence-electron chi connectivity index (χ2n) is 6.06. The fraction of sp³-hybridized carbons (Fsp3) is 0.412. The molecule has 2 aliphatic rings. The van der Waals surface area contributed by atoms with Crippen LogP contribution < -0.4 is 4.74 Å². The summed E-state index contributed by atoms with van der Waals surface area (Å²) >= 11 is 0. The van der Waals surface area contributed by atoms with Crippen LogP contribution in [0, 0.1) is 0 Å². The van der Waals surface area contributed by atoms with E-state index < -0.39 is 0 Å². The van der Waals surface area contributed by atoms with Crippen molar-refractivity contribution in [1.29, 1.82) is 0 Å². The van der Waals surface area contributed by atoms with Gasteiger partial charge in [-0.25, -0.2) is 0 Å². The Labute approximate surface area is 128 Å². The van der Waals surface area contributed by atoms with E-state index in [0.29, 0.717) is 18.8 Å². The quantitative estimate of drug-likeness (QED) is 0.812. The first kappa shape index (κ1) is 13.4. The molecular weight excluding hydrogens is 280 g/mol. The molecule has 0 atom stereocenters. The topological polar surface area (TPSA) is 55.6 Å². The van der Waals surface area contributed by atoms with Crippen LogP contribution in [0.1, 0.15) is 35.4 Å². The van der Waals surface area contributed by atoms with Crippen molar-refractivity contribution >= 4 is 5.91 Å². The highest BCUT2D eigenvalue weighted by Crippen LogP contribution is 2.39. The smallest absolute Gasteiger partial charge is 0.292 e. The molecule has 1 saturated heterocycles. The summed E-state index contributed by atoms with van der Waals surface area (Å²) in [6.07, 6.45) is 5.29. The first-order valence-electron chi connectivity index (χ1n) is 7.73. The van der Waals surface area contributed by atoms with E-state index in [1.165, 1.54) is 11.8 Å². The van der Waals surface area contributed by atoms with Crippen LogP contribution in [0.25, 0.3) is 0 Å². The van der Waals surface area contributed by atoms with Crippen molar-refractivity contribution in [2.45, 2.75) is 31.3 Å². The third-order valence-electron chi connectivity index (χ3n) is 4.76. The molecule has 2 aliphatic heterocycles. The zero-order chi connectivity index (χ0) is 15.0. The van der Waals surface area contributed by atoms with Crippen molar-refractivity contribution < 1.29 is 14.1 Å². The number of hydrogen-bond donors (Lipinski definition) is 0. The van der Waals surface area contributed by atoms with E-state index >= 15 is 0 Å². The molecule has 0 aliphatic carbocycles. The Hall–Kier alpha value is -2.30. The lowest BCUT2D eigenvalue weighted by atomic mass is 9.83. The molecule has 1 fully saturated rings. The molecule has 22 heavy (non-hydrogen) atoms. The maximum Gasteiger partial charge on any atom is 0.292 e. The monoisotopic (exact) mass is 298 g/mol. The van der Waals surface area contributed by atoms with Crippen LogP contribution in [-0.2, 0) is 6.42 Å². The minimum atomic E-state index is -0.119. The molecule has 1 spiro atoms. The molecule has 0 radical (unpaired) electrons. The van der Waals surface area contributed by atoms with Crippen molar-refractivity contribution in [2.75, 3.05) is 13.1 Å². The van der Waals surface area contributed by atoms with Crippen LogP contribution in [0.5, 0.6) is 5.75 Å². The van der Waals surface area contributed by atoms with Gasteiger partial charge in [-0.1, -0.05) is 23.4 Å². The number of para-hydroxylation sites is 1. The highest BCUT2D eigenvalue weighted by Gasteiger charge is 2.40. The molecular formula is C17H18N2O3. The van der Waals surface area contributed by atoms with Crippen LogP contribution in [-0.4, -0.2) is 34.7 Å². The van der Waals surface area contributed by atoms with Gasteiger partial charge in [-0.2, -0.15) is 0 Å². The number of amides is 1. The molecule has 1 aromatic carbocycles. The molecule has 2 aromatic rings. The lowest BCUT2D eigenvalue weighted by Crippen LogP contribution is -2.51. The molecule has 5 heteroatoms. The summed E-state index contributed by atoms with van der Waals surface area (Å²) in [7, 11) is 0. The maximum absolute atomic E-state index is 12.3. The van der Waals surface area contributed by atoms with Crippen LogP contribution in [0.2, 0.25) is 0 Å². The standard InChI is InChI=1S/C17H18N2O3/c20-16(15-6-10-18-22-15)19-11-8-17(9-12-19)7-5-13-3-1-2-4-14(13)21-17/h1-4,6,10H,5,7-9,11-12H2. The predicted molar refractivity (Wildman–Crippen MR) is 79.8 cm³/mol. The van der Waals surface area contributed by atoms with Gasteiger partial charge in [-0.3, -0.25) is 4.79 Å². The lowest BCUT2D eigenvalue weighted by molar-refractivity contribution is -0.0115. The molecule has 1 aromatic heterocycles. The number of likely N-dealkylation sites (tertiary alicyclic amines) is 1. The van der Waals surface area contributed by atoms with Crippen molar-refractivity contribution in [3.63, 3.8) is 0 Å². The van der Waals surface area contributed by atoms with E-state index in [4.69, 9.17) is 9.26 Å². The number of hydrogen-bond acceptors (Lipinski definition) is 4. The average molecular weight is 298 g/mol. The minimum absolute atomic E-state index is 0.0800. The van der Waals surface area contributed by atoms with Gasteiger partial charge in [0.15, 0.2) is 0 Å². The highest BCUT2D eigenvalue weighted by molar-refractivity contribution is 5.91. The second kappa shape index (κ2) is 5.16. The van der Waals surface area contributed by atoms with Crippen molar-refractivity contribution in [3.8, 4) is 5.75 Å². The molecule has 5 nitrogen and oxygen atoms in total. The number of fused-ring (bicyclic) bond motifs is 1. The van der Waals surface area contributed by atoms with Gasteiger partial charge in [0.2, 0.25) is 5.76 Å². The molecule has 0 unspecified atom stereocenters. The summed E-state index contributed by atoms with van der Waals surface area (Å²) in [5.41, 5.74) is 1.17. The maximum atomic E-state index is 12.3. The Morgan fingerprint density at radius 1 is 1.14 bits per heavy atom. The van der Waals surface area contributed by atoms with E-state index in [2.05, 4.69) is 17.3 Å². The predicted octanol–water partition coefficient (Wildman–Crippen LogP) is 2.67. The van der Waals surface area contributed by atoms with Crippen LogP contribution >= 0.6 is 0 Å². The van der Waals surface area contributed by atoms with E-state index in [-0.39, 0.29) is 11.5 Å². The Morgan fingerprint density at radius 2 is 1.95 bits per heavy atom. The van der Waals surface area contributed by atoms with Gasteiger partial charge in [0.25, 0.3) is 5.91 Å². The summed E-state index contributed by atoms with van der Waals surface area (Å²) in [4.78, 5) is 14.1. The summed E-state index contributed by atoms with van der Waals surface area (Å²) < 4.78 is 11.3. The van der Waals surface area contributed by atoms with Gasteiger partial charge in [0.05, 0.1) is 6.20 Å². The Kier molecular flexibility index (Phi) is 3.13. The number of aromatic nitrogens is 1. The van der Waals surface area contributed by atoms with Gasteiger partial charge in [-0.15, -0.1) is 0 Å². The third-order valence-corrected chi connectivity index (χ3v) is 4.76. The lowest BCUT2D eigenvalue weighted by Gasteiger charge is -2.44. The number of carbonyl (C=O) groups is 1. The Balaban J connectivity index is 1.45. The number of benzene rings is 1. The first-order chi connectivity index (χ1) is 10.8. The minimum Gasteiger partial charge on any atom is -0.487 e. The molecule has 0 bridgehead atoms. The SMILES string of the molecule is O=C(c1ccno1)N1CCC2(CCc3ccccc3O2)CC1. The molecule has 0 saturated carbocycles. The largest absolute Gasteiger partial charge is 0.487 e. The number of rotatable bonds is 1. The van der Waals surface area contributed by atoms with Crippen LogP contribution in [0.15, 0.2) is 41.1 Å². The fourth-order valence-electron chi connectivity index (χ4n) is 3.41. The second-order valence-corrected chi connectivity index (χ2v) is 6.06. The van der Waals surface area contributed by atoms with E-state index in [1.54, 1.807) is 6.07 Å². The molecule has 0 N–H and O–H groups in total. The molecule has 1 amide bonds. The van der Waals surface area contributed by atoms with Gasteiger partial charge >= 0.3 is 0 Å². The van der Waals surface area contributed by atoms with Crippen molar-refractivity contribution in [2.24, 2.45) is 0 Å². The number of nitrogens with zero attached hydrogens (tertiary/aromatic N) is 2. The van der Waals surface area contributed by atoms with E-state index in [1.807, 2.05) is 17.0 Å². The van der Waals surface area contributed by atoms with E-state index in [9.17, 15) is 4.79 Å². The summed E-state index contributed by atoms with van der Waals surface area (Å²) in [5, 5.41) is 3.60. The van der Waals surface area contributed by atoms with E-state index in [0.717, 1.165) is 31.4 Å². The van der Waals surface area contributed by atoms with Gasteiger partial charge in [0.1, 0.15) is 11.4 Å². The van der Waals surface area contributed by atoms with Gasteiger partial charge < -0.3 is 14.2 Å². The van der Waals surface area contributed by atoms with Gasteiger partial charge in [-0.05, 0) is 24.5 Å². The van der Waals surface area contributed by atoms with Crippen molar-refractivity contribution in [3.05, 3.63) is 47.9 Å². The Morgan fingerprint density at radius 3 is 2.73 bits per heavy atom. The number of carbonyl (C=O) groups excluding carboxylic acids is 1. The first-order valence-corrected chi connectivity index (χ1v) is 7.73. The fourth-order valence-corrected chi connectivity index (χ4v) is 3.41. The highest BCUT2D eigenvalue weighted by atomic mass is 16.5. The number of ether oxygens (including phenoxy) is 1.